The Morgan fingerprint density at radius 2 is 2.05 bits per heavy atom. The molecular formula is C13H23N3O3. The van der Waals surface area contributed by atoms with Crippen LogP contribution in [0.25, 0.3) is 0 Å². The maximum atomic E-state index is 12.3. The van der Waals surface area contributed by atoms with Crippen molar-refractivity contribution in [3.05, 3.63) is 12.2 Å². The van der Waals surface area contributed by atoms with E-state index in [9.17, 15) is 9.59 Å². The highest BCUT2D eigenvalue weighted by Crippen LogP contribution is 2.19. The lowest BCUT2D eigenvalue weighted by atomic mass is 10.1. The smallest absolute Gasteiger partial charge is 0.241 e. The van der Waals surface area contributed by atoms with Gasteiger partial charge in [0.1, 0.15) is 0 Å². The molecule has 1 aliphatic carbocycles. The number of hydrogen-bond acceptors (Lipinski definition) is 4. The molecule has 2 atom stereocenters. The summed E-state index contributed by atoms with van der Waals surface area (Å²) in [5.74, 6) is -0.381. The Labute approximate surface area is 114 Å². The molecule has 1 aliphatic rings. The molecule has 0 saturated carbocycles. The zero-order valence-corrected chi connectivity index (χ0v) is 11.8. The monoisotopic (exact) mass is 269 g/mol. The molecular weight excluding hydrogens is 246 g/mol. The second-order valence-corrected chi connectivity index (χ2v) is 4.93. The predicted molar refractivity (Wildman–Crippen MR) is 72.4 cm³/mol. The molecule has 2 unspecified atom stereocenters. The highest BCUT2D eigenvalue weighted by molar-refractivity contribution is 5.87. The Morgan fingerprint density at radius 3 is 2.53 bits per heavy atom. The predicted octanol–water partition coefficient (Wildman–Crippen LogP) is -0.547. The highest BCUT2D eigenvalue weighted by atomic mass is 16.5. The second-order valence-electron chi connectivity index (χ2n) is 4.93. The molecule has 0 saturated heterocycles. The average molecular weight is 269 g/mol. The fraction of sp³-hybridized carbons (Fsp3) is 0.692. The fourth-order valence-electron chi connectivity index (χ4n) is 1.92. The molecule has 0 spiro atoms. The van der Waals surface area contributed by atoms with Crippen LogP contribution in [-0.2, 0) is 14.3 Å². The van der Waals surface area contributed by atoms with E-state index < -0.39 is 0 Å². The van der Waals surface area contributed by atoms with Crippen LogP contribution >= 0.6 is 0 Å². The van der Waals surface area contributed by atoms with E-state index in [-0.39, 0.29) is 30.3 Å². The Hall–Kier alpha value is -1.40. The topological polar surface area (TPSA) is 75.9 Å². The van der Waals surface area contributed by atoms with Crippen molar-refractivity contribution in [2.75, 3.05) is 40.9 Å². The Bertz CT molecular complexity index is 355. The maximum absolute atomic E-state index is 12.3. The average Bonchev–Trinajstić information content (AvgIpc) is 2.79. The van der Waals surface area contributed by atoms with E-state index in [1.165, 1.54) is 4.90 Å². The van der Waals surface area contributed by atoms with Gasteiger partial charge in [-0.2, -0.15) is 0 Å². The number of amides is 2. The quantitative estimate of drug-likeness (QED) is 0.657. The van der Waals surface area contributed by atoms with Gasteiger partial charge in [-0.3, -0.25) is 9.59 Å². The van der Waals surface area contributed by atoms with Gasteiger partial charge < -0.3 is 20.3 Å². The van der Waals surface area contributed by atoms with Crippen molar-refractivity contribution < 1.29 is 14.3 Å². The number of carbonyl (C=O) groups excluding carboxylic acids is 2. The summed E-state index contributed by atoms with van der Waals surface area (Å²) >= 11 is 0. The standard InChI is InChI=1S/C13H23N3O3/c1-15(2)12(17)9-16(6-7-19-3)13(18)10-4-5-11(14)8-10/h4-5,10-11H,6-9,14H2,1-3H3. The van der Waals surface area contributed by atoms with Crippen LogP contribution in [0.1, 0.15) is 6.42 Å². The van der Waals surface area contributed by atoms with Gasteiger partial charge in [0.2, 0.25) is 11.8 Å². The number of carbonyl (C=O) groups is 2. The van der Waals surface area contributed by atoms with Crippen molar-refractivity contribution in [3.8, 4) is 0 Å². The van der Waals surface area contributed by atoms with E-state index in [4.69, 9.17) is 10.5 Å². The van der Waals surface area contributed by atoms with E-state index in [1.54, 1.807) is 26.1 Å². The van der Waals surface area contributed by atoms with E-state index in [2.05, 4.69) is 0 Å². The summed E-state index contributed by atoms with van der Waals surface area (Å²) in [6.07, 6.45) is 4.27. The number of ether oxygens (including phenoxy) is 1. The molecule has 6 heteroatoms. The molecule has 1 rings (SSSR count). The Morgan fingerprint density at radius 1 is 1.37 bits per heavy atom. The molecule has 108 valence electrons. The molecule has 0 radical (unpaired) electrons. The number of likely N-dealkylation sites (N-methyl/N-ethyl adjacent to an activating group) is 1. The fourth-order valence-corrected chi connectivity index (χ4v) is 1.92. The van der Waals surface area contributed by atoms with E-state index in [0.717, 1.165) is 0 Å². The third-order valence-corrected chi connectivity index (χ3v) is 3.14. The molecule has 2 amide bonds. The Balaban J connectivity index is 2.64. The zero-order chi connectivity index (χ0) is 14.4. The van der Waals surface area contributed by atoms with Crippen LogP contribution in [-0.4, -0.2) is 68.6 Å². The first-order chi connectivity index (χ1) is 8.95. The first-order valence-electron chi connectivity index (χ1n) is 6.37. The van der Waals surface area contributed by atoms with Crippen LogP contribution < -0.4 is 5.73 Å². The SMILES string of the molecule is COCCN(CC(=O)N(C)C)C(=O)C1C=CC(N)C1. The summed E-state index contributed by atoms with van der Waals surface area (Å²) < 4.78 is 4.99. The molecule has 19 heavy (non-hydrogen) atoms. The first kappa shape index (κ1) is 15.7. The van der Waals surface area contributed by atoms with E-state index in [1.807, 2.05) is 12.2 Å². The van der Waals surface area contributed by atoms with Gasteiger partial charge in [-0.1, -0.05) is 12.2 Å². The largest absolute Gasteiger partial charge is 0.383 e. The minimum Gasteiger partial charge on any atom is -0.383 e. The number of nitrogens with two attached hydrogens (primary N) is 1. The highest BCUT2D eigenvalue weighted by Gasteiger charge is 2.28. The lowest BCUT2D eigenvalue weighted by Crippen LogP contribution is -2.44. The summed E-state index contributed by atoms with van der Waals surface area (Å²) in [6, 6.07) is -0.0669. The van der Waals surface area contributed by atoms with Crippen LogP contribution in [0.4, 0.5) is 0 Å². The third kappa shape index (κ3) is 4.65. The van der Waals surface area contributed by atoms with Gasteiger partial charge in [0.05, 0.1) is 19.1 Å². The van der Waals surface area contributed by atoms with Crippen molar-refractivity contribution in [1.82, 2.24) is 9.80 Å². The summed E-state index contributed by atoms with van der Waals surface area (Å²) in [5.41, 5.74) is 5.76. The van der Waals surface area contributed by atoms with Crippen molar-refractivity contribution in [2.24, 2.45) is 11.7 Å². The molecule has 0 aliphatic heterocycles. The van der Waals surface area contributed by atoms with Gasteiger partial charge in [-0.15, -0.1) is 0 Å². The van der Waals surface area contributed by atoms with Crippen molar-refractivity contribution in [1.29, 1.82) is 0 Å². The summed E-state index contributed by atoms with van der Waals surface area (Å²) in [5, 5.41) is 0. The lowest BCUT2D eigenvalue weighted by Gasteiger charge is -2.26. The van der Waals surface area contributed by atoms with E-state index in [0.29, 0.717) is 19.6 Å². The summed E-state index contributed by atoms with van der Waals surface area (Å²) in [7, 11) is 4.92. The molecule has 0 heterocycles. The van der Waals surface area contributed by atoms with Crippen LogP contribution in [0, 0.1) is 5.92 Å². The normalized spacial score (nSPS) is 21.5. The molecule has 0 aromatic heterocycles. The van der Waals surface area contributed by atoms with Gasteiger partial charge in [-0.05, 0) is 6.42 Å². The number of rotatable bonds is 6. The van der Waals surface area contributed by atoms with E-state index >= 15 is 0 Å². The minimum absolute atomic E-state index is 0.0588. The van der Waals surface area contributed by atoms with Crippen molar-refractivity contribution >= 4 is 11.8 Å². The molecule has 6 nitrogen and oxygen atoms in total. The first-order valence-corrected chi connectivity index (χ1v) is 6.37. The van der Waals surface area contributed by atoms with Gasteiger partial charge in [0, 0.05) is 33.8 Å². The van der Waals surface area contributed by atoms with Gasteiger partial charge >= 0.3 is 0 Å². The number of hydrogen-bond donors (Lipinski definition) is 1. The maximum Gasteiger partial charge on any atom is 0.241 e. The molecule has 2 N–H and O–H groups in total. The molecule has 0 bridgehead atoms. The van der Waals surface area contributed by atoms with Gasteiger partial charge in [-0.25, -0.2) is 0 Å². The molecule has 0 aromatic rings. The van der Waals surface area contributed by atoms with Crippen molar-refractivity contribution in [2.45, 2.75) is 12.5 Å². The van der Waals surface area contributed by atoms with Crippen LogP contribution in [0.2, 0.25) is 0 Å². The summed E-state index contributed by atoms with van der Waals surface area (Å²) in [4.78, 5) is 27.1. The Kier molecular flexibility index (Phi) is 5.98. The zero-order valence-electron chi connectivity index (χ0n) is 11.8. The molecule has 0 aromatic carbocycles. The molecule has 0 fully saturated rings. The van der Waals surface area contributed by atoms with Crippen LogP contribution in [0.3, 0.4) is 0 Å². The second kappa shape index (κ2) is 7.25. The summed E-state index contributed by atoms with van der Waals surface area (Å²) in [6.45, 7) is 0.901. The van der Waals surface area contributed by atoms with Crippen molar-refractivity contribution in [3.63, 3.8) is 0 Å². The lowest BCUT2D eigenvalue weighted by molar-refractivity contribution is -0.141. The minimum atomic E-state index is -0.221. The number of nitrogens with zero attached hydrogens (tertiary/aromatic N) is 2. The number of methoxy groups -OCH3 is 1. The van der Waals surface area contributed by atoms with Gasteiger partial charge in [0.25, 0.3) is 0 Å². The van der Waals surface area contributed by atoms with Gasteiger partial charge in [0.15, 0.2) is 0 Å². The third-order valence-electron chi connectivity index (χ3n) is 3.14. The van der Waals surface area contributed by atoms with Crippen LogP contribution in [0.5, 0.6) is 0 Å². The van der Waals surface area contributed by atoms with Crippen LogP contribution in [0.15, 0.2) is 12.2 Å².